The molecular formula is C23H34N2O4S. The highest BCUT2D eigenvalue weighted by atomic mass is 32.2. The number of fused-ring (bicyclic) bond motifs is 3. The van der Waals surface area contributed by atoms with Crippen molar-refractivity contribution in [1.29, 1.82) is 0 Å². The molecule has 1 unspecified atom stereocenters. The van der Waals surface area contributed by atoms with Crippen LogP contribution in [0.1, 0.15) is 78.8 Å². The van der Waals surface area contributed by atoms with Gasteiger partial charge in [0.2, 0.25) is 0 Å². The SMILES string of the molecule is CC(C)(C)OC(=O)N1[C@@H]2CC[C@H]1CC1(C2)Oc2ccccc2[C@H]1N[S@](=O)C(C)(C)C. The maximum atomic E-state index is 13.0. The molecule has 7 heteroatoms. The molecule has 4 rings (SSSR count). The van der Waals surface area contributed by atoms with E-state index in [4.69, 9.17) is 9.47 Å². The molecule has 5 atom stereocenters. The first kappa shape index (κ1) is 21.6. The second-order valence-electron chi connectivity index (χ2n) is 10.8. The summed E-state index contributed by atoms with van der Waals surface area (Å²) in [4.78, 5) is 14.8. The Balaban J connectivity index is 1.62. The number of ether oxygens (including phenoxy) is 2. The summed E-state index contributed by atoms with van der Waals surface area (Å²) < 4.78 is 28.3. The van der Waals surface area contributed by atoms with E-state index in [1.165, 1.54) is 0 Å². The largest absolute Gasteiger partial charge is 0.485 e. The molecule has 6 nitrogen and oxygen atoms in total. The van der Waals surface area contributed by atoms with Crippen molar-refractivity contribution in [1.82, 2.24) is 9.62 Å². The fourth-order valence-corrected chi connectivity index (χ4v) is 5.91. The molecule has 0 aromatic heterocycles. The molecule has 1 N–H and O–H groups in total. The van der Waals surface area contributed by atoms with Crippen LogP contribution in [0.5, 0.6) is 5.75 Å². The van der Waals surface area contributed by atoms with E-state index in [-0.39, 0.29) is 29.0 Å². The number of amides is 1. The van der Waals surface area contributed by atoms with Crippen LogP contribution in [0.3, 0.4) is 0 Å². The lowest BCUT2D eigenvalue weighted by Gasteiger charge is -2.46. The van der Waals surface area contributed by atoms with Gasteiger partial charge in [-0.25, -0.2) is 13.7 Å². The fraction of sp³-hybridized carbons (Fsp3) is 0.696. The van der Waals surface area contributed by atoms with Gasteiger partial charge in [-0.05, 0) is 60.5 Å². The van der Waals surface area contributed by atoms with Crippen molar-refractivity contribution in [3.05, 3.63) is 29.8 Å². The summed E-state index contributed by atoms with van der Waals surface area (Å²) in [6.07, 6.45) is 3.07. The Bertz CT molecular complexity index is 843. The molecule has 0 radical (unpaired) electrons. The standard InChI is InChI=1S/C23H34N2O4S/c1-21(2,3)29-20(26)25-15-11-12-16(25)14-23(13-15)19(24-30(27)22(4,5)6)17-9-7-8-10-18(17)28-23/h7-10,15-16,19,24H,11-14H2,1-6H3/t15-,16+,19-,23?,30-/m1/s1. The average Bonchev–Trinajstić information content (AvgIpc) is 3.05. The second kappa shape index (κ2) is 7.23. The van der Waals surface area contributed by atoms with Crippen molar-refractivity contribution in [2.24, 2.45) is 0 Å². The molecule has 1 amide bonds. The maximum absolute atomic E-state index is 13.0. The Labute approximate surface area is 182 Å². The van der Waals surface area contributed by atoms with E-state index in [1.54, 1.807) is 0 Å². The summed E-state index contributed by atoms with van der Waals surface area (Å²) >= 11 is 0. The first-order valence-corrected chi connectivity index (χ1v) is 12.0. The summed E-state index contributed by atoms with van der Waals surface area (Å²) in [6, 6.07) is 7.99. The third-order valence-electron chi connectivity index (χ3n) is 6.24. The summed E-state index contributed by atoms with van der Waals surface area (Å²) in [5.41, 5.74) is 0.0363. The highest BCUT2D eigenvalue weighted by molar-refractivity contribution is 7.84. The van der Waals surface area contributed by atoms with Crippen LogP contribution >= 0.6 is 0 Å². The lowest BCUT2D eigenvalue weighted by molar-refractivity contribution is -0.0472. The van der Waals surface area contributed by atoms with Gasteiger partial charge in [0.15, 0.2) is 0 Å². The van der Waals surface area contributed by atoms with E-state index < -0.39 is 22.2 Å². The van der Waals surface area contributed by atoms with Gasteiger partial charge in [0.1, 0.15) is 17.0 Å². The molecular weight excluding hydrogens is 400 g/mol. The van der Waals surface area contributed by atoms with Crippen molar-refractivity contribution in [3.8, 4) is 5.75 Å². The quantitative estimate of drug-likeness (QED) is 0.746. The Morgan fingerprint density at radius 3 is 2.30 bits per heavy atom. The first-order valence-electron chi connectivity index (χ1n) is 10.9. The highest BCUT2D eigenvalue weighted by Crippen LogP contribution is 2.54. The first-order chi connectivity index (χ1) is 13.9. The van der Waals surface area contributed by atoms with Crippen LogP contribution in [0.4, 0.5) is 4.79 Å². The highest BCUT2D eigenvalue weighted by Gasteiger charge is 2.59. The number of benzene rings is 1. The van der Waals surface area contributed by atoms with Crippen LogP contribution in [0.15, 0.2) is 24.3 Å². The summed E-state index contributed by atoms with van der Waals surface area (Å²) in [5, 5.41) is 0. The van der Waals surface area contributed by atoms with Crippen molar-refractivity contribution in [2.45, 2.75) is 101 Å². The minimum atomic E-state index is -1.23. The average molecular weight is 435 g/mol. The van der Waals surface area contributed by atoms with Crippen LogP contribution in [-0.4, -0.2) is 43.2 Å². The van der Waals surface area contributed by atoms with Crippen LogP contribution in [0.25, 0.3) is 0 Å². The smallest absolute Gasteiger partial charge is 0.410 e. The summed E-state index contributed by atoms with van der Waals surface area (Å²) in [7, 11) is -1.23. The number of hydrogen-bond acceptors (Lipinski definition) is 4. The van der Waals surface area contributed by atoms with Crippen molar-refractivity contribution in [3.63, 3.8) is 0 Å². The van der Waals surface area contributed by atoms with E-state index in [0.717, 1.165) is 24.2 Å². The van der Waals surface area contributed by atoms with E-state index >= 15 is 0 Å². The number of nitrogens with zero attached hydrogens (tertiary/aromatic N) is 1. The molecule has 0 saturated carbocycles. The Morgan fingerprint density at radius 1 is 1.13 bits per heavy atom. The van der Waals surface area contributed by atoms with E-state index in [9.17, 15) is 9.00 Å². The van der Waals surface area contributed by atoms with E-state index in [1.807, 2.05) is 64.6 Å². The zero-order valence-electron chi connectivity index (χ0n) is 18.9. The van der Waals surface area contributed by atoms with E-state index in [2.05, 4.69) is 10.8 Å². The number of carbonyl (C=O) groups excluding carboxylic acids is 1. The monoisotopic (exact) mass is 434 g/mol. The normalized spacial score (nSPS) is 31.4. The second-order valence-corrected chi connectivity index (χ2v) is 12.8. The minimum absolute atomic E-state index is 0.0697. The van der Waals surface area contributed by atoms with Gasteiger partial charge in [0.05, 0.1) is 21.8 Å². The van der Waals surface area contributed by atoms with Gasteiger partial charge >= 0.3 is 6.09 Å². The number of para-hydroxylation sites is 1. The zero-order valence-corrected chi connectivity index (χ0v) is 19.7. The predicted molar refractivity (Wildman–Crippen MR) is 118 cm³/mol. The summed E-state index contributed by atoms with van der Waals surface area (Å²) in [6.45, 7) is 11.6. The van der Waals surface area contributed by atoms with Gasteiger partial charge in [-0.2, -0.15) is 0 Å². The molecule has 2 bridgehead atoms. The lowest BCUT2D eigenvalue weighted by atomic mass is 9.79. The van der Waals surface area contributed by atoms with Crippen LogP contribution in [-0.2, 0) is 15.7 Å². The number of carbonyl (C=O) groups is 1. The van der Waals surface area contributed by atoms with Crippen molar-refractivity contribution in [2.75, 3.05) is 0 Å². The minimum Gasteiger partial charge on any atom is -0.485 e. The van der Waals surface area contributed by atoms with Gasteiger partial charge < -0.3 is 14.4 Å². The lowest BCUT2D eigenvalue weighted by Crippen LogP contribution is -2.59. The molecule has 1 aromatic carbocycles. The molecule has 0 aliphatic carbocycles. The molecule has 3 aliphatic heterocycles. The third kappa shape index (κ3) is 3.86. The van der Waals surface area contributed by atoms with Gasteiger partial charge in [-0.1, -0.05) is 18.2 Å². The molecule has 1 aromatic rings. The fourth-order valence-electron chi connectivity index (χ4n) is 5.00. The van der Waals surface area contributed by atoms with Gasteiger partial charge in [-0.15, -0.1) is 0 Å². The number of piperidine rings is 1. The molecule has 3 heterocycles. The topological polar surface area (TPSA) is 67.9 Å². The van der Waals surface area contributed by atoms with Crippen LogP contribution in [0, 0.1) is 0 Å². The molecule has 1 spiro atoms. The molecule has 166 valence electrons. The maximum Gasteiger partial charge on any atom is 0.410 e. The van der Waals surface area contributed by atoms with Crippen molar-refractivity contribution >= 4 is 17.1 Å². The summed E-state index contributed by atoms with van der Waals surface area (Å²) in [5.74, 6) is 0.853. The number of rotatable bonds is 2. The predicted octanol–water partition coefficient (Wildman–Crippen LogP) is 4.47. The van der Waals surface area contributed by atoms with E-state index in [0.29, 0.717) is 12.8 Å². The van der Waals surface area contributed by atoms with Gasteiger partial charge in [0, 0.05) is 30.5 Å². The molecule has 2 fully saturated rings. The third-order valence-corrected chi connectivity index (χ3v) is 7.80. The van der Waals surface area contributed by atoms with Crippen molar-refractivity contribution < 1.29 is 18.5 Å². The molecule has 3 aliphatic rings. The number of nitrogens with one attached hydrogen (secondary N) is 1. The Morgan fingerprint density at radius 2 is 1.73 bits per heavy atom. The number of hydrogen-bond donors (Lipinski definition) is 1. The Hall–Kier alpha value is -1.60. The molecule has 2 saturated heterocycles. The molecule has 30 heavy (non-hydrogen) atoms. The zero-order chi connectivity index (χ0) is 21.9. The van der Waals surface area contributed by atoms with Crippen LogP contribution < -0.4 is 9.46 Å². The van der Waals surface area contributed by atoms with Gasteiger partial charge in [-0.3, -0.25) is 0 Å². The van der Waals surface area contributed by atoms with Gasteiger partial charge in [0.25, 0.3) is 0 Å². The van der Waals surface area contributed by atoms with Crippen LogP contribution in [0.2, 0.25) is 0 Å². The Kier molecular flexibility index (Phi) is 5.21.